The van der Waals surface area contributed by atoms with Crippen LogP contribution in [0.2, 0.25) is 0 Å². The van der Waals surface area contributed by atoms with Crippen molar-refractivity contribution in [2.45, 2.75) is 19.9 Å². The molecule has 1 saturated heterocycles. The lowest BCUT2D eigenvalue weighted by Crippen LogP contribution is -2.26. The predicted molar refractivity (Wildman–Crippen MR) is 108 cm³/mol. The summed E-state index contributed by atoms with van der Waals surface area (Å²) in [6, 6.07) is 4.24. The lowest BCUT2D eigenvalue weighted by atomic mass is 10.3. The maximum atomic E-state index is 5.30. The Labute approximate surface area is 164 Å². The molecule has 0 unspecified atom stereocenters. The zero-order valence-electron chi connectivity index (χ0n) is 16.4. The topological polar surface area (TPSA) is 81.0 Å². The van der Waals surface area contributed by atoms with Crippen LogP contribution in [0.3, 0.4) is 0 Å². The van der Waals surface area contributed by atoms with Gasteiger partial charge in [-0.05, 0) is 37.7 Å². The number of nitrogens with zero attached hydrogens (tertiary/aromatic N) is 6. The smallest absolute Gasteiger partial charge is 0.227 e. The molecule has 8 nitrogen and oxygen atoms in total. The average molecular weight is 379 g/mol. The van der Waals surface area contributed by atoms with Crippen molar-refractivity contribution in [1.82, 2.24) is 24.5 Å². The Balaban J connectivity index is 1.32. The number of nitrogens with one attached hydrogen (secondary N) is 1. The van der Waals surface area contributed by atoms with Gasteiger partial charge in [-0.3, -0.25) is 0 Å². The fourth-order valence-electron chi connectivity index (χ4n) is 4.36. The van der Waals surface area contributed by atoms with Crippen molar-refractivity contribution in [3.8, 4) is 0 Å². The Morgan fingerprint density at radius 1 is 1.18 bits per heavy atom. The molecule has 1 N–H and O–H groups in total. The van der Waals surface area contributed by atoms with Gasteiger partial charge in [0.1, 0.15) is 17.2 Å². The molecule has 28 heavy (non-hydrogen) atoms. The van der Waals surface area contributed by atoms with Gasteiger partial charge in [-0.1, -0.05) is 0 Å². The van der Waals surface area contributed by atoms with Crippen LogP contribution in [0.25, 0.3) is 11.0 Å². The second-order valence-electron chi connectivity index (χ2n) is 8.02. The van der Waals surface area contributed by atoms with Gasteiger partial charge in [-0.2, -0.15) is 4.98 Å². The average Bonchev–Trinajstić information content (AvgIpc) is 3.04. The molecule has 0 radical (unpaired) electrons. The Hall–Kier alpha value is -2.74. The van der Waals surface area contributed by atoms with Crippen LogP contribution in [-0.4, -0.2) is 51.3 Å². The minimum absolute atomic E-state index is 0.342. The molecule has 0 aromatic carbocycles. The zero-order chi connectivity index (χ0) is 19.3. The molecule has 0 bridgehead atoms. The molecule has 0 amide bonds. The molecule has 4 heterocycles. The monoisotopic (exact) mass is 379 g/mol. The van der Waals surface area contributed by atoms with Crippen molar-refractivity contribution in [3.05, 3.63) is 30.9 Å². The van der Waals surface area contributed by atoms with Gasteiger partial charge in [0.2, 0.25) is 5.95 Å². The van der Waals surface area contributed by atoms with Gasteiger partial charge in [-0.15, -0.1) is 0 Å². The minimum Gasteiger partial charge on any atom is -0.384 e. The van der Waals surface area contributed by atoms with E-state index in [1.807, 2.05) is 18.5 Å². The largest absolute Gasteiger partial charge is 0.384 e. The van der Waals surface area contributed by atoms with E-state index in [2.05, 4.69) is 43.6 Å². The van der Waals surface area contributed by atoms with Crippen molar-refractivity contribution < 1.29 is 4.74 Å². The summed E-state index contributed by atoms with van der Waals surface area (Å²) >= 11 is 0. The highest BCUT2D eigenvalue weighted by Crippen LogP contribution is 2.52. The Bertz CT molecular complexity index is 989. The Morgan fingerprint density at radius 3 is 2.75 bits per heavy atom. The van der Waals surface area contributed by atoms with E-state index < -0.39 is 0 Å². The summed E-state index contributed by atoms with van der Waals surface area (Å²) in [7, 11) is 1.78. The van der Waals surface area contributed by atoms with E-state index in [4.69, 9.17) is 9.72 Å². The minimum atomic E-state index is 0.342. The highest BCUT2D eigenvalue weighted by atomic mass is 16.5. The van der Waals surface area contributed by atoms with Crippen molar-refractivity contribution in [2.24, 2.45) is 17.8 Å². The van der Waals surface area contributed by atoms with Crippen molar-refractivity contribution in [3.63, 3.8) is 0 Å². The van der Waals surface area contributed by atoms with E-state index in [0.717, 1.165) is 60.1 Å². The summed E-state index contributed by atoms with van der Waals surface area (Å²) < 4.78 is 7.44. The number of pyridine rings is 1. The van der Waals surface area contributed by atoms with Crippen LogP contribution in [0.1, 0.15) is 19.9 Å². The number of hydrogen-bond acceptors (Lipinski definition) is 7. The van der Waals surface area contributed by atoms with Gasteiger partial charge in [-0.25, -0.2) is 15.0 Å². The van der Waals surface area contributed by atoms with E-state index in [-0.39, 0.29) is 0 Å². The molecule has 1 saturated carbocycles. The van der Waals surface area contributed by atoms with Crippen LogP contribution in [0.5, 0.6) is 0 Å². The third kappa shape index (κ3) is 2.97. The van der Waals surface area contributed by atoms with Crippen LogP contribution < -0.4 is 10.2 Å². The summed E-state index contributed by atoms with van der Waals surface area (Å²) in [5, 5.41) is 3.32. The third-order valence-electron chi connectivity index (χ3n) is 5.93. The molecule has 2 fully saturated rings. The first kappa shape index (κ1) is 17.4. The Kier molecular flexibility index (Phi) is 4.16. The van der Waals surface area contributed by atoms with Gasteiger partial charge in [0.15, 0.2) is 0 Å². The normalized spacial score (nSPS) is 23.4. The predicted octanol–water partition coefficient (Wildman–Crippen LogP) is 2.87. The maximum Gasteiger partial charge on any atom is 0.227 e. The molecule has 1 aliphatic carbocycles. The molecule has 3 aromatic heterocycles. The van der Waals surface area contributed by atoms with E-state index in [1.54, 1.807) is 19.5 Å². The van der Waals surface area contributed by atoms with E-state index in [9.17, 15) is 0 Å². The quantitative estimate of drug-likeness (QED) is 0.705. The first-order valence-electron chi connectivity index (χ1n) is 9.80. The van der Waals surface area contributed by atoms with Gasteiger partial charge >= 0.3 is 0 Å². The number of hydrogen-bond donors (Lipinski definition) is 1. The van der Waals surface area contributed by atoms with Crippen molar-refractivity contribution in [1.29, 1.82) is 0 Å². The second kappa shape index (κ2) is 6.70. The first-order chi connectivity index (χ1) is 13.6. The summed E-state index contributed by atoms with van der Waals surface area (Å²) in [6.07, 6.45) is 5.46. The highest BCUT2D eigenvalue weighted by molar-refractivity contribution is 5.78. The van der Waals surface area contributed by atoms with Gasteiger partial charge in [0.05, 0.1) is 18.0 Å². The van der Waals surface area contributed by atoms with Crippen LogP contribution in [-0.2, 0) is 4.74 Å². The summed E-state index contributed by atoms with van der Waals surface area (Å²) in [6.45, 7) is 7.18. The summed E-state index contributed by atoms with van der Waals surface area (Å²) in [5.74, 6) is 4.44. The molecule has 8 heteroatoms. The van der Waals surface area contributed by atoms with E-state index in [1.165, 1.54) is 0 Å². The maximum absolute atomic E-state index is 5.30. The van der Waals surface area contributed by atoms with Crippen LogP contribution in [0.4, 0.5) is 17.6 Å². The molecule has 146 valence electrons. The number of piperidine rings is 1. The SMILES string of the molecule is COC[C@@H]1[C@H]2CN(c3nccc(Nc4cc5c(cn4)ncn5C(C)C)n3)C[C@@H]12. The fraction of sp³-hybridized carbons (Fsp3) is 0.500. The van der Waals surface area contributed by atoms with Crippen molar-refractivity contribution >= 4 is 28.6 Å². The molecular weight excluding hydrogens is 354 g/mol. The van der Waals surface area contributed by atoms with Crippen LogP contribution in [0.15, 0.2) is 30.9 Å². The number of imidazole rings is 1. The van der Waals surface area contributed by atoms with Gasteiger partial charge < -0.3 is 19.5 Å². The summed E-state index contributed by atoms with van der Waals surface area (Å²) in [5.41, 5.74) is 1.95. The fourth-order valence-corrected chi connectivity index (χ4v) is 4.36. The van der Waals surface area contributed by atoms with Crippen LogP contribution >= 0.6 is 0 Å². The standard InChI is InChI=1S/C20H25N7O/c1-12(2)27-11-23-16-7-22-19(6-17(16)27)24-18-4-5-21-20(25-18)26-8-13-14(9-26)15(13)10-28-3/h4-7,11-15H,8-10H2,1-3H3,(H,21,22,24,25)/t13-,14+,15+. The van der Waals surface area contributed by atoms with Gasteiger partial charge in [0, 0.05) is 45.1 Å². The molecular formula is C20H25N7O. The summed E-state index contributed by atoms with van der Waals surface area (Å²) in [4.78, 5) is 20.4. The number of aromatic nitrogens is 5. The number of anilines is 3. The van der Waals surface area contributed by atoms with Gasteiger partial charge in [0.25, 0.3) is 0 Å². The number of rotatable bonds is 6. The molecule has 0 spiro atoms. The number of fused-ring (bicyclic) bond motifs is 2. The lowest BCUT2D eigenvalue weighted by molar-refractivity contribution is 0.176. The lowest BCUT2D eigenvalue weighted by Gasteiger charge is -2.20. The highest BCUT2D eigenvalue weighted by Gasteiger charge is 2.55. The molecule has 1 aliphatic heterocycles. The molecule has 3 aromatic rings. The van der Waals surface area contributed by atoms with Crippen LogP contribution in [0, 0.1) is 17.8 Å². The zero-order valence-corrected chi connectivity index (χ0v) is 16.4. The molecule has 2 aliphatic rings. The van der Waals surface area contributed by atoms with E-state index >= 15 is 0 Å². The second-order valence-corrected chi connectivity index (χ2v) is 8.02. The first-order valence-corrected chi connectivity index (χ1v) is 9.80. The van der Waals surface area contributed by atoms with E-state index in [0.29, 0.717) is 12.0 Å². The number of methoxy groups -OCH3 is 1. The molecule has 5 rings (SSSR count). The van der Waals surface area contributed by atoms with Crippen molar-refractivity contribution in [2.75, 3.05) is 37.0 Å². The third-order valence-corrected chi connectivity index (χ3v) is 5.93. The Morgan fingerprint density at radius 2 is 2.00 bits per heavy atom. The number of ether oxygens (including phenoxy) is 1. The molecule has 3 atom stereocenters.